The maximum Gasteiger partial charge on any atom is 0.339 e. The van der Waals surface area contributed by atoms with Crippen LogP contribution in [0.1, 0.15) is 22.3 Å². The predicted molar refractivity (Wildman–Crippen MR) is 176 cm³/mol. The molecular formula is C22H24I4N4O5+2. The number of pyridine rings is 2. The monoisotopic (exact) mass is 932 g/mol. The minimum Gasteiger partial charge on any atom is -0.507 e. The lowest BCUT2D eigenvalue weighted by Crippen LogP contribution is -2.27. The molecule has 0 saturated heterocycles. The van der Waals surface area contributed by atoms with Crippen LogP contribution >= 0.6 is 95.9 Å². The van der Waals surface area contributed by atoms with Crippen molar-refractivity contribution in [1.82, 2.24) is 0 Å². The van der Waals surface area contributed by atoms with Gasteiger partial charge < -0.3 is 5.11 Å². The Bertz CT molecular complexity index is 1250. The van der Waals surface area contributed by atoms with Crippen LogP contribution in [0.2, 0.25) is 0 Å². The average molecular weight is 932 g/mol. The number of phenols is 1. The molecule has 0 spiro atoms. The van der Waals surface area contributed by atoms with Gasteiger partial charge >= 0.3 is 11.4 Å². The summed E-state index contributed by atoms with van der Waals surface area (Å²) >= 11 is 0. The Kier molecular flexibility index (Phi) is 16.6. The number of halogens is 4. The van der Waals surface area contributed by atoms with Crippen molar-refractivity contribution >= 4 is 132 Å². The molecular weight excluding hydrogens is 908 g/mol. The normalized spacial score (nSPS) is 10.0. The molecule has 0 atom stereocenters. The van der Waals surface area contributed by atoms with Crippen molar-refractivity contribution in [2.75, 3.05) is 0 Å². The van der Waals surface area contributed by atoms with E-state index in [1.807, 2.05) is 0 Å². The lowest BCUT2D eigenvalue weighted by Gasteiger charge is -2.02. The quantitative estimate of drug-likeness (QED) is 0.148. The third-order valence-electron chi connectivity index (χ3n) is 4.56. The number of nitrogens with zero attached hydrogens (tertiary/aromatic N) is 4. The highest BCUT2D eigenvalue weighted by molar-refractivity contribution is 14.0. The van der Waals surface area contributed by atoms with E-state index in [-0.39, 0.29) is 113 Å². The van der Waals surface area contributed by atoms with Crippen LogP contribution in [0, 0.1) is 20.2 Å². The number of hydrogen-bond donors (Lipinski definition) is 1. The fraction of sp³-hybridized carbons (Fsp3) is 0.0909. The van der Waals surface area contributed by atoms with Gasteiger partial charge in [0.05, 0.1) is 21.0 Å². The van der Waals surface area contributed by atoms with Gasteiger partial charge in [0, 0.05) is 17.7 Å². The van der Waals surface area contributed by atoms with E-state index in [0.29, 0.717) is 22.3 Å². The molecule has 188 valence electrons. The topological polar surface area (TPSA) is 114 Å². The average Bonchev–Trinajstić information content (AvgIpc) is 2.73. The molecule has 0 bridgehead atoms. The van der Waals surface area contributed by atoms with Crippen molar-refractivity contribution in [3.05, 3.63) is 97.6 Å². The van der Waals surface area contributed by atoms with E-state index in [9.17, 15) is 25.3 Å². The van der Waals surface area contributed by atoms with Gasteiger partial charge in [-0.15, -0.1) is 95.9 Å². The Morgan fingerprint density at radius 2 is 1.14 bits per heavy atom. The number of nitro groups is 2. The van der Waals surface area contributed by atoms with Crippen LogP contribution in [-0.2, 0) is 14.1 Å². The molecule has 3 aromatic rings. The Morgan fingerprint density at radius 1 is 0.714 bits per heavy atom. The summed E-state index contributed by atoms with van der Waals surface area (Å²) in [6.07, 6.45) is 12.7. The fourth-order valence-corrected chi connectivity index (χ4v) is 2.95. The van der Waals surface area contributed by atoms with Gasteiger partial charge in [0.15, 0.2) is 12.4 Å². The van der Waals surface area contributed by atoms with Gasteiger partial charge in [0.2, 0.25) is 12.4 Å². The summed E-state index contributed by atoms with van der Waals surface area (Å²) in [5, 5.41) is 32.7. The van der Waals surface area contributed by atoms with Crippen molar-refractivity contribution < 1.29 is 24.1 Å². The van der Waals surface area contributed by atoms with Gasteiger partial charge in [-0.3, -0.25) is 20.2 Å². The molecule has 1 N–H and O–H groups in total. The first-order chi connectivity index (χ1) is 14.7. The first kappa shape index (κ1) is 35.7. The molecule has 13 heteroatoms. The molecule has 3 rings (SSSR count). The zero-order chi connectivity index (χ0) is 22.5. The van der Waals surface area contributed by atoms with Gasteiger partial charge in [-0.05, 0) is 29.8 Å². The maximum atomic E-state index is 11.3. The number of benzene rings is 1. The Hall–Kier alpha value is -1.48. The SMILES string of the molecule is C[n+]1ccc(/C=C/c2ccc(O)c(/C=C/c3cc[n+](C)cc3[N+](=O)[O-])c2)c([N+](=O)[O-])c1.I.I.I.I. The first-order valence-electron chi connectivity index (χ1n) is 9.21. The summed E-state index contributed by atoms with van der Waals surface area (Å²) in [6.45, 7) is 0. The Morgan fingerprint density at radius 3 is 1.60 bits per heavy atom. The van der Waals surface area contributed by atoms with Gasteiger partial charge in [0.1, 0.15) is 19.8 Å². The fourth-order valence-electron chi connectivity index (χ4n) is 2.95. The van der Waals surface area contributed by atoms with Crippen LogP contribution in [0.5, 0.6) is 5.75 Å². The lowest BCUT2D eigenvalue weighted by molar-refractivity contribution is -0.674. The minimum absolute atomic E-state index is 0. The van der Waals surface area contributed by atoms with Gasteiger partial charge in [-0.1, -0.05) is 18.2 Å². The molecule has 35 heavy (non-hydrogen) atoms. The predicted octanol–water partition coefficient (Wildman–Crippen LogP) is 5.67. The molecule has 1 aromatic carbocycles. The summed E-state index contributed by atoms with van der Waals surface area (Å²) in [5.41, 5.74) is 1.93. The third kappa shape index (κ3) is 9.83. The molecule has 2 heterocycles. The summed E-state index contributed by atoms with van der Waals surface area (Å²) in [7, 11) is 3.40. The first-order valence-corrected chi connectivity index (χ1v) is 9.21. The van der Waals surface area contributed by atoms with E-state index in [4.69, 9.17) is 0 Å². The highest BCUT2D eigenvalue weighted by Gasteiger charge is 2.17. The van der Waals surface area contributed by atoms with E-state index in [0.717, 1.165) is 0 Å². The molecule has 2 aromatic heterocycles. The third-order valence-corrected chi connectivity index (χ3v) is 4.56. The van der Waals surface area contributed by atoms with Crippen molar-refractivity contribution in [2.45, 2.75) is 0 Å². The number of aromatic nitrogens is 2. The van der Waals surface area contributed by atoms with Crippen LogP contribution in [0.3, 0.4) is 0 Å². The molecule has 0 saturated carbocycles. The minimum atomic E-state index is -0.467. The number of aromatic hydroxyl groups is 1. The number of rotatable bonds is 6. The molecule has 0 radical (unpaired) electrons. The molecule has 0 aliphatic rings. The van der Waals surface area contributed by atoms with E-state index in [1.165, 1.54) is 18.5 Å². The maximum absolute atomic E-state index is 11.3. The standard InChI is InChI=1S/C22H19N4O5.4HI/c1-23-11-9-17(20(14-23)25(28)29)5-3-16-4-8-22(27)19(13-16)7-6-18-10-12-24(2)15-21(18)26(30)31;;;;/h3-15H,1-2H3;4*1H/q+1;;;;/p+1. The zero-order valence-corrected chi connectivity index (χ0v) is 27.8. The van der Waals surface area contributed by atoms with Crippen molar-refractivity contribution in [3.8, 4) is 5.75 Å². The van der Waals surface area contributed by atoms with Crippen molar-refractivity contribution in [2.24, 2.45) is 14.1 Å². The summed E-state index contributed by atoms with van der Waals surface area (Å²) in [4.78, 5) is 21.6. The molecule has 0 fully saturated rings. The summed E-state index contributed by atoms with van der Waals surface area (Å²) < 4.78 is 3.18. The molecule has 0 aliphatic heterocycles. The lowest BCUT2D eigenvalue weighted by atomic mass is 10.1. The highest BCUT2D eigenvalue weighted by Crippen LogP contribution is 2.25. The van der Waals surface area contributed by atoms with Crippen LogP contribution in [0.15, 0.2) is 55.1 Å². The van der Waals surface area contributed by atoms with E-state index in [2.05, 4.69) is 0 Å². The smallest absolute Gasteiger partial charge is 0.339 e. The second-order valence-corrected chi connectivity index (χ2v) is 6.90. The highest BCUT2D eigenvalue weighted by atomic mass is 127. The van der Waals surface area contributed by atoms with Crippen LogP contribution in [0.4, 0.5) is 11.4 Å². The van der Waals surface area contributed by atoms with Gasteiger partial charge in [0.25, 0.3) is 0 Å². The second kappa shape index (κ2) is 16.3. The Labute approximate surface area is 270 Å². The molecule has 0 amide bonds. The van der Waals surface area contributed by atoms with Gasteiger partial charge in [-0.25, -0.2) is 9.13 Å². The van der Waals surface area contributed by atoms with Crippen molar-refractivity contribution in [3.63, 3.8) is 0 Å². The van der Waals surface area contributed by atoms with Crippen LogP contribution in [-0.4, -0.2) is 15.0 Å². The van der Waals surface area contributed by atoms with Gasteiger partial charge in [-0.2, -0.15) is 0 Å². The Balaban J connectivity index is 0. The summed E-state index contributed by atoms with van der Waals surface area (Å²) in [6, 6.07) is 8.11. The zero-order valence-electron chi connectivity index (χ0n) is 18.5. The number of hydrogen-bond acceptors (Lipinski definition) is 5. The number of aryl methyl sites for hydroxylation is 2. The van der Waals surface area contributed by atoms with Crippen LogP contribution < -0.4 is 9.13 Å². The largest absolute Gasteiger partial charge is 0.507 e. The molecule has 9 nitrogen and oxygen atoms in total. The van der Waals surface area contributed by atoms with E-state index in [1.54, 1.807) is 84.2 Å². The molecule has 0 unspecified atom stereocenters. The van der Waals surface area contributed by atoms with E-state index < -0.39 is 9.85 Å². The van der Waals surface area contributed by atoms with Crippen molar-refractivity contribution in [1.29, 1.82) is 0 Å². The van der Waals surface area contributed by atoms with Crippen LogP contribution in [0.25, 0.3) is 24.3 Å². The van der Waals surface area contributed by atoms with E-state index >= 15 is 0 Å². The number of phenolic OH excluding ortho intramolecular Hbond substituents is 1. The second-order valence-electron chi connectivity index (χ2n) is 6.90. The molecule has 0 aliphatic carbocycles. The summed E-state index contributed by atoms with van der Waals surface area (Å²) in [5.74, 6) is 0.00950.